The lowest BCUT2D eigenvalue weighted by Gasteiger charge is -2.30. The molecule has 1 aliphatic rings. The Morgan fingerprint density at radius 2 is 1.43 bits per heavy atom. The number of rotatable bonds is 3. The van der Waals surface area contributed by atoms with Gasteiger partial charge in [-0.25, -0.2) is 0 Å². The molecule has 0 unspecified atom stereocenters. The molecule has 7 nitrogen and oxygen atoms in total. The summed E-state index contributed by atoms with van der Waals surface area (Å²) < 4.78 is 61.5. The van der Waals surface area contributed by atoms with Gasteiger partial charge in [-0.2, -0.15) is 16.8 Å². The van der Waals surface area contributed by atoms with Crippen LogP contribution in [0, 0.1) is 0 Å². The molecule has 21 heavy (non-hydrogen) atoms. The van der Waals surface area contributed by atoms with Crippen LogP contribution >= 0.6 is 0 Å². The van der Waals surface area contributed by atoms with Gasteiger partial charge in [0.2, 0.25) is 0 Å². The van der Waals surface area contributed by atoms with Crippen LogP contribution in [0.1, 0.15) is 12.0 Å². The summed E-state index contributed by atoms with van der Waals surface area (Å²) in [5.74, 6) is -1.16. The minimum atomic E-state index is -5.33. The lowest BCUT2D eigenvalue weighted by molar-refractivity contribution is 0.344. The molecule has 0 bridgehead atoms. The zero-order chi connectivity index (χ0) is 15.9. The van der Waals surface area contributed by atoms with E-state index in [1.54, 1.807) is 30.3 Å². The first-order valence-electron chi connectivity index (χ1n) is 5.69. The van der Waals surface area contributed by atoms with Gasteiger partial charge in [-0.15, -0.1) is 0 Å². The van der Waals surface area contributed by atoms with Crippen molar-refractivity contribution in [1.29, 1.82) is 0 Å². The number of aliphatic hydroxyl groups is 1. The Morgan fingerprint density at radius 1 is 0.905 bits per heavy atom. The van der Waals surface area contributed by atoms with Crippen molar-refractivity contribution in [2.45, 2.75) is 10.5 Å². The van der Waals surface area contributed by atoms with Gasteiger partial charge >= 0.3 is 0 Å². The van der Waals surface area contributed by atoms with E-state index in [-0.39, 0.29) is 5.57 Å². The number of hydrogen-bond acceptors (Lipinski definition) is 5. The van der Waals surface area contributed by atoms with Gasteiger partial charge in [-0.3, -0.25) is 9.11 Å². The molecule has 0 heterocycles. The highest BCUT2D eigenvalue weighted by atomic mass is 32.3. The van der Waals surface area contributed by atoms with Gasteiger partial charge in [-0.1, -0.05) is 36.4 Å². The molecule has 0 amide bonds. The maximum Gasteiger partial charge on any atom is 0.295 e. The Bertz CT molecular complexity index is 786. The Balaban J connectivity index is 2.68. The van der Waals surface area contributed by atoms with Crippen molar-refractivity contribution in [3.05, 3.63) is 53.8 Å². The third kappa shape index (κ3) is 2.48. The number of aliphatic hydroxyl groups excluding tert-OH is 1. The topological polar surface area (TPSA) is 129 Å². The van der Waals surface area contributed by atoms with Crippen LogP contribution in [0.3, 0.4) is 0 Å². The van der Waals surface area contributed by atoms with E-state index >= 15 is 0 Å². The fraction of sp³-hybridized carbons (Fsp3) is 0.167. The second-order valence-electron chi connectivity index (χ2n) is 4.49. The minimum absolute atomic E-state index is 0.226. The normalized spacial score (nSPS) is 18.8. The van der Waals surface area contributed by atoms with Gasteiger partial charge in [0.15, 0.2) is 0 Å². The van der Waals surface area contributed by atoms with Gasteiger partial charge in [0.1, 0.15) is 5.76 Å². The van der Waals surface area contributed by atoms with E-state index in [0.29, 0.717) is 5.56 Å². The molecular weight excluding hydrogens is 320 g/mol. The molecule has 0 aromatic heterocycles. The summed E-state index contributed by atoms with van der Waals surface area (Å²) in [5, 5.41) is 9.69. The molecule has 1 aromatic carbocycles. The van der Waals surface area contributed by atoms with Crippen molar-refractivity contribution in [3.63, 3.8) is 0 Å². The second-order valence-corrected chi connectivity index (χ2v) is 8.04. The van der Waals surface area contributed by atoms with Crippen LogP contribution < -0.4 is 0 Å². The Morgan fingerprint density at radius 3 is 1.90 bits per heavy atom. The molecule has 3 N–H and O–H groups in total. The molecule has 1 aromatic rings. The average molecular weight is 332 g/mol. The Hall–Kier alpha value is -1.68. The molecule has 1 aliphatic carbocycles. The highest BCUT2D eigenvalue weighted by Crippen LogP contribution is 2.42. The molecule has 0 radical (unpaired) electrons. The van der Waals surface area contributed by atoms with Gasteiger partial charge in [0, 0.05) is 6.42 Å². The van der Waals surface area contributed by atoms with Crippen LogP contribution in [0.25, 0.3) is 5.57 Å². The molecule has 0 atom stereocenters. The van der Waals surface area contributed by atoms with Crippen molar-refractivity contribution in [3.8, 4) is 0 Å². The van der Waals surface area contributed by atoms with Crippen molar-refractivity contribution in [2.75, 3.05) is 0 Å². The van der Waals surface area contributed by atoms with E-state index in [1.807, 2.05) is 0 Å². The van der Waals surface area contributed by atoms with Crippen molar-refractivity contribution in [2.24, 2.45) is 0 Å². The van der Waals surface area contributed by atoms with E-state index in [9.17, 15) is 31.0 Å². The summed E-state index contributed by atoms with van der Waals surface area (Å²) in [6.45, 7) is 0. The average Bonchev–Trinajstić information content (AvgIpc) is 2.37. The first-order valence-corrected chi connectivity index (χ1v) is 8.57. The molecule has 2 rings (SSSR count). The first kappa shape index (κ1) is 15.7. The minimum Gasteiger partial charge on any atom is -0.509 e. The molecule has 114 valence electrons. The summed E-state index contributed by atoms with van der Waals surface area (Å²) in [4.78, 5) is 0. The largest absolute Gasteiger partial charge is 0.509 e. The van der Waals surface area contributed by atoms with Gasteiger partial charge in [0.25, 0.3) is 24.3 Å². The van der Waals surface area contributed by atoms with E-state index in [1.165, 1.54) is 6.08 Å². The number of hydrogen-bond donors (Lipinski definition) is 3. The SMILES string of the molecule is O=S(=O)(O)C1(S(=O)(=O)O)CC(c2ccccc2)=CC=C1O. The molecule has 0 fully saturated rings. The molecule has 0 saturated carbocycles. The van der Waals surface area contributed by atoms with Gasteiger partial charge in [0.05, 0.1) is 0 Å². The third-order valence-electron chi connectivity index (χ3n) is 3.23. The van der Waals surface area contributed by atoms with Crippen molar-refractivity contribution in [1.82, 2.24) is 0 Å². The van der Waals surface area contributed by atoms with E-state index in [2.05, 4.69) is 0 Å². The van der Waals surface area contributed by atoms with Crippen LogP contribution in [0.2, 0.25) is 0 Å². The van der Waals surface area contributed by atoms with Gasteiger partial charge in [-0.05, 0) is 17.2 Å². The van der Waals surface area contributed by atoms with E-state index in [4.69, 9.17) is 0 Å². The predicted molar refractivity (Wildman–Crippen MR) is 75.6 cm³/mol. The first-order chi connectivity index (χ1) is 9.59. The number of allylic oxidation sites excluding steroid dienone is 3. The highest BCUT2D eigenvalue weighted by molar-refractivity contribution is 8.05. The maximum atomic E-state index is 11.5. The summed E-state index contributed by atoms with van der Waals surface area (Å²) in [6.07, 6.45) is 1.34. The van der Waals surface area contributed by atoms with Crippen molar-refractivity contribution >= 4 is 25.8 Å². The summed E-state index contributed by atoms with van der Waals surface area (Å²) in [7, 11) is -10.7. The predicted octanol–water partition coefficient (Wildman–Crippen LogP) is 1.39. The Kier molecular flexibility index (Phi) is 3.70. The van der Waals surface area contributed by atoms with E-state index in [0.717, 1.165) is 6.08 Å². The fourth-order valence-corrected chi connectivity index (χ4v) is 4.54. The van der Waals surface area contributed by atoms with E-state index < -0.39 is 36.5 Å². The molecule has 0 saturated heterocycles. The zero-order valence-electron chi connectivity index (χ0n) is 10.5. The van der Waals surface area contributed by atoms with Crippen LogP contribution in [0.5, 0.6) is 0 Å². The molecule has 9 heteroatoms. The lowest BCUT2D eigenvalue weighted by atomic mass is 9.96. The summed E-state index contributed by atoms with van der Waals surface area (Å²) in [5.41, 5.74) is 0.724. The zero-order valence-corrected chi connectivity index (χ0v) is 12.2. The highest BCUT2D eigenvalue weighted by Gasteiger charge is 2.59. The number of benzene rings is 1. The fourth-order valence-electron chi connectivity index (χ4n) is 2.14. The molecular formula is C12H12O7S2. The van der Waals surface area contributed by atoms with Crippen LogP contribution in [-0.2, 0) is 20.2 Å². The third-order valence-corrected chi connectivity index (χ3v) is 6.87. The van der Waals surface area contributed by atoms with Crippen LogP contribution in [-0.4, -0.2) is 35.1 Å². The van der Waals surface area contributed by atoms with Crippen LogP contribution in [0.4, 0.5) is 0 Å². The van der Waals surface area contributed by atoms with Crippen LogP contribution in [0.15, 0.2) is 48.2 Å². The Labute approximate surface area is 121 Å². The molecule has 0 aliphatic heterocycles. The molecule has 0 spiro atoms. The second kappa shape index (κ2) is 4.95. The standard InChI is InChI=1S/C12H12O7S2/c13-11-7-6-10(9-4-2-1-3-5-9)8-12(11,20(14,15)16)21(17,18)19/h1-7,13H,8H2,(H,14,15,16)(H,17,18,19). The van der Waals surface area contributed by atoms with Gasteiger partial charge < -0.3 is 5.11 Å². The monoisotopic (exact) mass is 332 g/mol. The maximum absolute atomic E-state index is 11.5. The summed E-state index contributed by atoms with van der Waals surface area (Å²) >= 11 is 0. The van der Waals surface area contributed by atoms with Crippen molar-refractivity contribution < 1.29 is 31.0 Å². The quantitative estimate of drug-likeness (QED) is 0.713. The smallest absolute Gasteiger partial charge is 0.295 e. The summed E-state index contributed by atoms with van der Waals surface area (Å²) in [6, 6.07) is 8.20. The lowest BCUT2D eigenvalue weighted by Crippen LogP contribution is -2.48.